The molecule has 2 aromatic rings. The number of benzene rings is 1. The standard InChI is InChI=1S/C14H9Cl3FNO2/c1-19-7-9(6-11(19)13(21)14(15,16)17)12(20)8-3-2-4-10(18)5-8/h2-7H,1H3. The molecule has 7 heteroatoms. The Kier molecular flexibility index (Phi) is 4.42. The Labute approximate surface area is 135 Å². The zero-order valence-corrected chi connectivity index (χ0v) is 13.0. The van der Waals surface area contributed by atoms with E-state index in [4.69, 9.17) is 34.8 Å². The lowest BCUT2D eigenvalue weighted by Gasteiger charge is -2.09. The van der Waals surface area contributed by atoms with Crippen LogP contribution in [0.1, 0.15) is 26.4 Å². The molecule has 110 valence electrons. The lowest BCUT2D eigenvalue weighted by molar-refractivity contribution is 0.0988. The number of rotatable bonds is 3. The van der Waals surface area contributed by atoms with Crippen molar-refractivity contribution in [3.05, 3.63) is 59.2 Å². The summed E-state index contributed by atoms with van der Waals surface area (Å²) < 4.78 is 12.4. The molecule has 3 nitrogen and oxygen atoms in total. The second-order valence-corrected chi connectivity index (χ2v) is 6.67. The maximum atomic E-state index is 13.1. The number of Topliss-reactive ketones (excluding diaryl/α,β-unsaturated/α-hetero) is 1. The van der Waals surface area contributed by atoms with E-state index in [2.05, 4.69) is 0 Å². The Morgan fingerprint density at radius 3 is 2.38 bits per heavy atom. The van der Waals surface area contributed by atoms with Gasteiger partial charge in [0.2, 0.25) is 5.78 Å². The smallest absolute Gasteiger partial charge is 0.255 e. The van der Waals surface area contributed by atoms with E-state index < -0.39 is 21.2 Å². The first kappa shape index (κ1) is 16.0. The number of hydrogen-bond acceptors (Lipinski definition) is 2. The van der Waals surface area contributed by atoms with Crippen molar-refractivity contribution >= 4 is 46.4 Å². The lowest BCUT2D eigenvalue weighted by atomic mass is 10.1. The predicted octanol–water partition coefficient (Wildman–Crippen LogP) is 3.95. The van der Waals surface area contributed by atoms with Crippen molar-refractivity contribution in [2.24, 2.45) is 7.05 Å². The van der Waals surface area contributed by atoms with Gasteiger partial charge < -0.3 is 4.57 Å². The van der Waals surface area contributed by atoms with Crippen LogP contribution in [0.25, 0.3) is 0 Å². The molecule has 21 heavy (non-hydrogen) atoms. The third-order valence-corrected chi connectivity index (χ3v) is 3.36. The Morgan fingerprint density at radius 2 is 1.81 bits per heavy atom. The molecule has 0 fully saturated rings. The molecular weight excluding hydrogens is 340 g/mol. The number of carbonyl (C=O) groups excluding carboxylic acids is 2. The summed E-state index contributed by atoms with van der Waals surface area (Å²) in [7, 11) is 1.55. The van der Waals surface area contributed by atoms with Crippen molar-refractivity contribution in [3.63, 3.8) is 0 Å². The summed E-state index contributed by atoms with van der Waals surface area (Å²) in [6.07, 6.45) is 1.43. The van der Waals surface area contributed by atoms with Crippen molar-refractivity contribution in [1.29, 1.82) is 0 Å². The summed E-state index contributed by atoms with van der Waals surface area (Å²) in [5.74, 6) is -1.68. The van der Waals surface area contributed by atoms with Crippen LogP contribution in [-0.4, -0.2) is 19.9 Å². The summed E-state index contributed by atoms with van der Waals surface area (Å²) in [5, 5.41) is 0. The minimum Gasteiger partial charge on any atom is -0.347 e. The molecule has 0 saturated heterocycles. The molecule has 0 aliphatic rings. The van der Waals surface area contributed by atoms with Gasteiger partial charge >= 0.3 is 0 Å². The van der Waals surface area contributed by atoms with E-state index in [0.717, 1.165) is 6.07 Å². The van der Waals surface area contributed by atoms with Crippen LogP contribution in [0.15, 0.2) is 36.5 Å². The maximum absolute atomic E-state index is 13.1. The average molecular weight is 349 g/mol. The maximum Gasteiger partial charge on any atom is 0.255 e. The highest BCUT2D eigenvalue weighted by atomic mass is 35.6. The van der Waals surface area contributed by atoms with Gasteiger partial charge in [-0.15, -0.1) is 0 Å². The number of nitrogens with zero attached hydrogens (tertiary/aromatic N) is 1. The molecule has 0 bridgehead atoms. The van der Waals surface area contributed by atoms with E-state index in [-0.39, 0.29) is 16.8 Å². The van der Waals surface area contributed by atoms with Crippen LogP contribution in [-0.2, 0) is 7.05 Å². The number of ketones is 2. The second-order valence-electron chi connectivity index (χ2n) is 4.39. The van der Waals surface area contributed by atoms with Crippen LogP contribution in [0.4, 0.5) is 4.39 Å². The second kappa shape index (κ2) is 5.79. The molecule has 0 radical (unpaired) electrons. The zero-order valence-electron chi connectivity index (χ0n) is 10.7. The lowest BCUT2D eigenvalue weighted by Crippen LogP contribution is -2.21. The number of aromatic nitrogens is 1. The molecule has 1 aromatic carbocycles. The molecule has 0 spiro atoms. The molecular formula is C14H9Cl3FNO2. The Bertz CT molecular complexity index is 719. The van der Waals surface area contributed by atoms with E-state index in [9.17, 15) is 14.0 Å². The van der Waals surface area contributed by atoms with Crippen molar-refractivity contribution in [3.8, 4) is 0 Å². The van der Waals surface area contributed by atoms with Gasteiger partial charge in [0.15, 0.2) is 5.78 Å². The highest BCUT2D eigenvalue weighted by Crippen LogP contribution is 2.31. The van der Waals surface area contributed by atoms with E-state index in [1.807, 2.05) is 0 Å². The molecule has 1 aromatic heterocycles. The summed E-state index contributed by atoms with van der Waals surface area (Å²) in [5.41, 5.74) is 0.462. The van der Waals surface area contributed by atoms with Gasteiger partial charge in [-0.3, -0.25) is 9.59 Å². The van der Waals surface area contributed by atoms with Gasteiger partial charge in [-0.1, -0.05) is 46.9 Å². The average Bonchev–Trinajstić information content (AvgIpc) is 2.78. The van der Waals surface area contributed by atoms with Crippen LogP contribution in [0.5, 0.6) is 0 Å². The van der Waals surface area contributed by atoms with Gasteiger partial charge in [0.25, 0.3) is 3.79 Å². The van der Waals surface area contributed by atoms with Gasteiger partial charge in [-0.25, -0.2) is 4.39 Å². The SMILES string of the molecule is Cn1cc(C(=O)c2cccc(F)c2)cc1C(=O)C(Cl)(Cl)Cl. The first-order valence-corrected chi connectivity index (χ1v) is 6.91. The minimum atomic E-state index is -2.11. The normalized spacial score (nSPS) is 11.5. The van der Waals surface area contributed by atoms with Crippen molar-refractivity contribution < 1.29 is 14.0 Å². The Morgan fingerprint density at radius 1 is 1.14 bits per heavy atom. The molecule has 0 saturated carbocycles. The monoisotopic (exact) mass is 347 g/mol. The van der Waals surface area contributed by atoms with Crippen molar-refractivity contribution in [2.45, 2.75) is 3.79 Å². The highest BCUT2D eigenvalue weighted by molar-refractivity contribution is 6.77. The molecule has 2 rings (SSSR count). The fourth-order valence-electron chi connectivity index (χ4n) is 1.86. The van der Waals surface area contributed by atoms with Crippen LogP contribution in [0.2, 0.25) is 0 Å². The topological polar surface area (TPSA) is 39.1 Å². The zero-order chi connectivity index (χ0) is 15.8. The summed E-state index contributed by atoms with van der Waals surface area (Å²) in [6.45, 7) is 0. The number of hydrogen-bond donors (Lipinski definition) is 0. The number of halogens is 4. The van der Waals surface area contributed by atoms with E-state index >= 15 is 0 Å². The molecule has 0 unspecified atom stereocenters. The van der Waals surface area contributed by atoms with Crippen molar-refractivity contribution in [1.82, 2.24) is 4.57 Å². The van der Waals surface area contributed by atoms with Crippen LogP contribution in [0, 0.1) is 5.82 Å². The number of carbonyl (C=O) groups is 2. The third-order valence-electron chi connectivity index (χ3n) is 2.84. The Hall–Kier alpha value is -1.36. The van der Waals surface area contributed by atoms with Gasteiger partial charge in [-0.2, -0.15) is 0 Å². The van der Waals surface area contributed by atoms with E-state index in [1.54, 1.807) is 7.05 Å². The largest absolute Gasteiger partial charge is 0.347 e. The van der Waals surface area contributed by atoms with Crippen molar-refractivity contribution in [2.75, 3.05) is 0 Å². The fourth-order valence-corrected chi connectivity index (χ4v) is 2.15. The quantitative estimate of drug-likeness (QED) is 0.622. The summed E-state index contributed by atoms with van der Waals surface area (Å²) >= 11 is 16.7. The fraction of sp³-hybridized carbons (Fsp3) is 0.143. The van der Waals surface area contributed by atoms with Gasteiger partial charge in [-0.05, 0) is 18.2 Å². The van der Waals surface area contributed by atoms with Crippen LogP contribution >= 0.6 is 34.8 Å². The van der Waals surface area contributed by atoms with Gasteiger partial charge in [0, 0.05) is 24.4 Å². The summed E-state index contributed by atoms with van der Waals surface area (Å²) in [4.78, 5) is 24.2. The third kappa shape index (κ3) is 3.46. The molecule has 1 heterocycles. The number of alkyl halides is 3. The molecule has 0 aliphatic heterocycles. The van der Waals surface area contributed by atoms with Gasteiger partial charge in [0.1, 0.15) is 5.82 Å². The van der Waals surface area contributed by atoms with Crippen LogP contribution < -0.4 is 0 Å². The minimum absolute atomic E-state index is 0.0785. The van der Waals surface area contributed by atoms with E-state index in [0.29, 0.717) is 0 Å². The van der Waals surface area contributed by atoms with Gasteiger partial charge in [0.05, 0.1) is 5.69 Å². The van der Waals surface area contributed by atoms with E-state index in [1.165, 1.54) is 35.0 Å². The number of aryl methyl sites for hydroxylation is 1. The molecule has 0 N–H and O–H groups in total. The summed E-state index contributed by atoms with van der Waals surface area (Å²) in [6, 6.07) is 6.58. The predicted molar refractivity (Wildman–Crippen MR) is 79.9 cm³/mol. The molecule has 0 amide bonds. The Balaban J connectivity index is 2.39. The first-order chi connectivity index (χ1) is 9.70. The highest BCUT2D eigenvalue weighted by Gasteiger charge is 2.34. The molecule has 0 atom stereocenters. The first-order valence-electron chi connectivity index (χ1n) is 5.78. The molecule has 0 aliphatic carbocycles. The van der Waals surface area contributed by atoms with Crippen LogP contribution in [0.3, 0.4) is 0 Å².